The van der Waals surface area contributed by atoms with Crippen molar-refractivity contribution in [2.45, 2.75) is 0 Å². The summed E-state index contributed by atoms with van der Waals surface area (Å²) in [6, 6.07) is 13.8. The van der Waals surface area contributed by atoms with Gasteiger partial charge in [0.2, 0.25) is 0 Å². The molecule has 0 spiro atoms. The Morgan fingerprint density at radius 3 is 2.75 bits per heavy atom. The molecule has 0 saturated carbocycles. The van der Waals surface area contributed by atoms with Crippen LogP contribution in [0.4, 0.5) is 0 Å². The van der Waals surface area contributed by atoms with Crippen molar-refractivity contribution < 1.29 is 4.74 Å². The van der Waals surface area contributed by atoms with E-state index in [0.717, 1.165) is 41.4 Å². The third-order valence-corrected chi connectivity index (χ3v) is 3.64. The minimum absolute atomic E-state index is 0.705. The number of methoxy groups -OCH3 is 1. The number of ether oxygens (including phenoxy) is 1. The lowest BCUT2D eigenvalue weighted by atomic mass is 10.0. The summed E-state index contributed by atoms with van der Waals surface area (Å²) in [6.45, 7) is 1.71. The molecule has 1 aliphatic heterocycles. The van der Waals surface area contributed by atoms with E-state index in [0.29, 0.717) is 5.02 Å². The highest BCUT2D eigenvalue weighted by molar-refractivity contribution is 6.33. The van der Waals surface area contributed by atoms with Gasteiger partial charge in [-0.1, -0.05) is 29.8 Å². The molecule has 1 heterocycles. The van der Waals surface area contributed by atoms with Crippen LogP contribution < -0.4 is 10.1 Å². The summed E-state index contributed by atoms with van der Waals surface area (Å²) in [5.41, 5.74) is 2.99. The van der Waals surface area contributed by atoms with Gasteiger partial charge in [0.05, 0.1) is 13.7 Å². The predicted molar refractivity (Wildman–Crippen MR) is 82.8 cm³/mol. The second-order valence-corrected chi connectivity index (χ2v) is 4.96. The number of amidine groups is 1. The van der Waals surface area contributed by atoms with Gasteiger partial charge < -0.3 is 10.1 Å². The fraction of sp³-hybridized carbons (Fsp3) is 0.188. The van der Waals surface area contributed by atoms with Crippen molar-refractivity contribution in [3.63, 3.8) is 0 Å². The Kier molecular flexibility index (Phi) is 3.61. The van der Waals surface area contributed by atoms with Crippen LogP contribution in [0, 0.1) is 0 Å². The van der Waals surface area contributed by atoms with Crippen molar-refractivity contribution in [2.75, 3.05) is 20.2 Å². The first-order valence-electron chi connectivity index (χ1n) is 6.51. The zero-order valence-corrected chi connectivity index (χ0v) is 11.9. The van der Waals surface area contributed by atoms with Crippen LogP contribution in [-0.4, -0.2) is 26.0 Å². The van der Waals surface area contributed by atoms with Crippen molar-refractivity contribution in [3.05, 3.63) is 53.1 Å². The molecular weight excluding hydrogens is 272 g/mol. The van der Waals surface area contributed by atoms with Gasteiger partial charge in [-0.15, -0.1) is 0 Å². The highest BCUT2D eigenvalue weighted by Crippen LogP contribution is 2.35. The SMILES string of the molecule is COc1ccccc1-c1cc(C2=NCCN2)ccc1Cl. The van der Waals surface area contributed by atoms with Crippen LogP contribution in [-0.2, 0) is 0 Å². The molecular formula is C16H15ClN2O. The lowest BCUT2D eigenvalue weighted by Gasteiger charge is -2.12. The Morgan fingerprint density at radius 2 is 2.00 bits per heavy atom. The van der Waals surface area contributed by atoms with E-state index in [4.69, 9.17) is 16.3 Å². The van der Waals surface area contributed by atoms with Crippen LogP contribution in [0.2, 0.25) is 5.02 Å². The molecule has 0 aliphatic carbocycles. The van der Waals surface area contributed by atoms with Gasteiger partial charge in [-0.3, -0.25) is 4.99 Å². The maximum absolute atomic E-state index is 6.35. The molecule has 1 N–H and O–H groups in total. The van der Waals surface area contributed by atoms with Crippen LogP contribution in [0.1, 0.15) is 5.56 Å². The third kappa shape index (κ3) is 2.37. The predicted octanol–water partition coefficient (Wildman–Crippen LogP) is 3.37. The summed E-state index contributed by atoms with van der Waals surface area (Å²) >= 11 is 6.35. The number of nitrogens with zero attached hydrogens (tertiary/aromatic N) is 1. The lowest BCUT2D eigenvalue weighted by molar-refractivity contribution is 0.416. The average molecular weight is 287 g/mol. The van der Waals surface area contributed by atoms with Gasteiger partial charge in [0, 0.05) is 28.3 Å². The fourth-order valence-corrected chi connectivity index (χ4v) is 2.56. The summed E-state index contributed by atoms with van der Waals surface area (Å²) < 4.78 is 5.42. The van der Waals surface area contributed by atoms with E-state index in [1.807, 2.05) is 36.4 Å². The first-order valence-corrected chi connectivity index (χ1v) is 6.89. The quantitative estimate of drug-likeness (QED) is 0.938. The summed E-state index contributed by atoms with van der Waals surface area (Å²) in [6.07, 6.45) is 0. The molecule has 0 amide bonds. The summed E-state index contributed by atoms with van der Waals surface area (Å²) in [4.78, 5) is 4.44. The normalized spacial score (nSPS) is 13.8. The van der Waals surface area contributed by atoms with Crippen molar-refractivity contribution in [1.29, 1.82) is 0 Å². The van der Waals surface area contributed by atoms with Crippen LogP contribution >= 0.6 is 11.6 Å². The zero-order valence-electron chi connectivity index (χ0n) is 11.2. The second-order valence-electron chi connectivity index (χ2n) is 4.55. The molecule has 0 bridgehead atoms. The Hall–Kier alpha value is -2.00. The Morgan fingerprint density at radius 1 is 1.15 bits per heavy atom. The van der Waals surface area contributed by atoms with E-state index in [9.17, 15) is 0 Å². The number of halogens is 1. The number of rotatable bonds is 3. The summed E-state index contributed by atoms with van der Waals surface area (Å²) in [7, 11) is 1.67. The number of benzene rings is 2. The van der Waals surface area contributed by atoms with Gasteiger partial charge >= 0.3 is 0 Å². The molecule has 3 nitrogen and oxygen atoms in total. The molecule has 102 valence electrons. The van der Waals surface area contributed by atoms with Crippen molar-refractivity contribution in [3.8, 4) is 16.9 Å². The highest BCUT2D eigenvalue weighted by Gasteiger charge is 2.13. The number of para-hydroxylation sites is 1. The lowest BCUT2D eigenvalue weighted by Crippen LogP contribution is -2.19. The summed E-state index contributed by atoms with van der Waals surface area (Å²) in [5.74, 6) is 1.74. The molecule has 3 rings (SSSR count). The standard InChI is InChI=1S/C16H15ClN2O/c1-20-15-5-3-2-4-12(15)13-10-11(6-7-14(13)17)16-18-8-9-19-16/h2-7,10H,8-9H2,1H3,(H,18,19). The van der Waals surface area contributed by atoms with E-state index in [-0.39, 0.29) is 0 Å². The number of hydrogen-bond donors (Lipinski definition) is 1. The van der Waals surface area contributed by atoms with Crippen LogP contribution in [0.25, 0.3) is 11.1 Å². The first-order chi connectivity index (χ1) is 9.79. The van der Waals surface area contributed by atoms with Crippen LogP contribution in [0.5, 0.6) is 5.75 Å². The van der Waals surface area contributed by atoms with Crippen molar-refractivity contribution >= 4 is 17.4 Å². The van der Waals surface area contributed by atoms with Gasteiger partial charge in [-0.25, -0.2) is 0 Å². The summed E-state index contributed by atoms with van der Waals surface area (Å²) in [5, 5.41) is 3.98. The van der Waals surface area contributed by atoms with E-state index in [2.05, 4.69) is 16.4 Å². The zero-order chi connectivity index (χ0) is 13.9. The van der Waals surface area contributed by atoms with Gasteiger partial charge in [0.15, 0.2) is 0 Å². The number of nitrogens with one attached hydrogen (secondary N) is 1. The average Bonchev–Trinajstić information content (AvgIpc) is 3.02. The Bertz CT molecular complexity index is 667. The fourth-order valence-electron chi connectivity index (χ4n) is 2.34. The molecule has 0 saturated heterocycles. The molecule has 0 unspecified atom stereocenters. The molecule has 0 aromatic heterocycles. The molecule has 2 aromatic carbocycles. The first kappa shape index (κ1) is 13.0. The van der Waals surface area contributed by atoms with Gasteiger partial charge in [0.1, 0.15) is 11.6 Å². The Labute approximate surface area is 123 Å². The van der Waals surface area contributed by atoms with Crippen LogP contribution in [0.3, 0.4) is 0 Å². The second kappa shape index (κ2) is 5.55. The topological polar surface area (TPSA) is 33.6 Å². The minimum Gasteiger partial charge on any atom is -0.496 e. The molecule has 0 radical (unpaired) electrons. The van der Waals surface area contributed by atoms with E-state index in [1.165, 1.54) is 0 Å². The molecule has 1 aliphatic rings. The molecule has 2 aromatic rings. The largest absolute Gasteiger partial charge is 0.496 e. The smallest absolute Gasteiger partial charge is 0.128 e. The van der Waals surface area contributed by atoms with Gasteiger partial charge in [-0.05, 0) is 24.3 Å². The molecule has 20 heavy (non-hydrogen) atoms. The monoisotopic (exact) mass is 286 g/mol. The van der Waals surface area contributed by atoms with E-state index >= 15 is 0 Å². The van der Waals surface area contributed by atoms with Crippen molar-refractivity contribution in [2.24, 2.45) is 4.99 Å². The van der Waals surface area contributed by atoms with Gasteiger partial charge in [0.25, 0.3) is 0 Å². The third-order valence-electron chi connectivity index (χ3n) is 3.31. The number of hydrogen-bond acceptors (Lipinski definition) is 3. The van der Waals surface area contributed by atoms with Gasteiger partial charge in [-0.2, -0.15) is 0 Å². The number of aliphatic imine (C=N–C) groups is 1. The van der Waals surface area contributed by atoms with Crippen LogP contribution in [0.15, 0.2) is 47.5 Å². The maximum Gasteiger partial charge on any atom is 0.128 e. The Balaban J connectivity index is 2.10. The maximum atomic E-state index is 6.35. The molecule has 0 atom stereocenters. The molecule has 0 fully saturated rings. The van der Waals surface area contributed by atoms with Crippen molar-refractivity contribution in [1.82, 2.24) is 5.32 Å². The molecule has 4 heteroatoms. The minimum atomic E-state index is 0.705. The highest BCUT2D eigenvalue weighted by atomic mass is 35.5. The van der Waals surface area contributed by atoms with E-state index < -0.39 is 0 Å². The van der Waals surface area contributed by atoms with E-state index in [1.54, 1.807) is 7.11 Å².